The van der Waals surface area contributed by atoms with E-state index in [1.807, 2.05) is 25.7 Å². The number of carbonyl (C=O) groups is 1. The van der Waals surface area contributed by atoms with E-state index in [4.69, 9.17) is 9.16 Å². The second-order valence-corrected chi connectivity index (χ2v) is 16.0. The predicted molar refractivity (Wildman–Crippen MR) is 137 cm³/mol. The number of nitrogens with zero attached hydrogens (tertiary/aromatic N) is 1. The van der Waals surface area contributed by atoms with E-state index >= 15 is 0 Å². The van der Waals surface area contributed by atoms with Crippen LogP contribution in [0.25, 0.3) is 0 Å². The van der Waals surface area contributed by atoms with Crippen molar-refractivity contribution in [2.24, 2.45) is 5.92 Å². The third kappa shape index (κ3) is 4.38. The maximum absolute atomic E-state index is 12.9. The summed E-state index contributed by atoms with van der Waals surface area (Å²) < 4.78 is 13.2. The number of ether oxygens (including phenoxy) is 1. The van der Waals surface area contributed by atoms with E-state index in [9.17, 15) is 4.79 Å². The van der Waals surface area contributed by atoms with Gasteiger partial charge in [0.1, 0.15) is 5.60 Å². The lowest BCUT2D eigenvalue weighted by molar-refractivity contribution is -0.00497. The molecule has 2 aromatic rings. The van der Waals surface area contributed by atoms with Crippen LogP contribution in [0, 0.1) is 5.92 Å². The molecule has 2 bridgehead atoms. The fourth-order valence-corrected chi connectivity index (χ4v) is 10.7. The molecule has 0 N–H and O–H groups in total. The normalized spacial score (nSPS) is 25.4. The van der Waals surface area contributed by atoms with Crippen LogP contribution in [0.4, 0.5) is 4.79 Å². The molecule has 4 rings (SSSR count). The number of carbonyl (C=O) groups excluding carboxylic acids is 1. The Morgan fingerprint density at radius 3 is 1.82 bits per heavy atom. The van der Waals surface area contributed by atoms with Gasteiger partial charge in [-0.2, -0.15) is 0 Å². The molecule has 2 aliphatic rings. The molecule has 1 saturated carbocycles. The van der Waals surface area contributed by atoms with E-state index < -0.39 is 13.9 Å². The molecule has 2 fully saturated rings. The Balaban J connectivity index is 1.68. The molecule has 178 valence electrons. The zero-order valence-corrected chi connectivity index (χ0v) is 22.2. The summed E-state index contributed by atoms with van der Waals surface area (Å²) >= 11 is 0. The molecule has 0 unspecified atom stereocenters. The van der Waals surface area contributed by atoms with Crippen molar-refractivity contribution in [3.05, 3.63) is 60.7 Å². The average molecular weight is 466 g/mol. The van der Waals surface area contributed by atoms with Crippen molar-refractivity contribution >= 4 is 24.8 Å². The topological polar surface area (TPSA) is 38.8 Å². The summed E-state index contributed by atoms with van der Waals surface area (Å²) in [6, 6.07) is 21.9. The van der Waals surface area contributed by atoms with Gasteiger partial charge in [-0.3, -0.25) is 0 Å². The molecular weight excluding hydrogens is 426 g/mol. The monoisotopic (exact) mass is 465 g/mol. The number of piperidine rings is 1. The summed E-state index contributed by atoms with van der Waals surface area (Å²) in [5, 5.41) is 2.57. The number of rotatable bonds is 4. The van der Waals surface area contributed by atoms with Crippen LogP contribution in [0.2, 0.25) is 5.04 Å². The molecule has 2 aromatic carbocycles. The van der Waals surface area contributed by atoms with Gasteiger partial charge in [-0.25, -0.2) is 4.79 Å². The van der Waals surface area contributed by atoms with Crippen LogP contribution >= 0.6 is 0 Å². The lowest BCUT2D eigenvalue weighted by Gasteiger charge is -2.47. The van der Waals surface area contributed by atoms with Crippen LogP contribution in [0.15, 0.2) is 60.7 Å². The third-order valence-corrected chi connectivity index (χ3v) is 12.4. The summed E-state index contributed by atoms with van der Waals surface area (Å²) in [5.74, 6) is 0.323. The minimum Gasteiger partial charge on any atom is -0.444 e. The highest BCUT2D eigenvalue weighted by Gasteiger charge is 2.58. The molecule has 4 atom stereocenters. The summed E-state index contributed by atoms with van der Waals surface area (Å²) in [4.78, 5) is 14.9. The standard InChI is InChI=1S/C28H39NO3Si/c1-20-24-18-21(29(20)26(30)31-27(2,3)4)19-25(24)32-33(28(5,6)7,22-14-10-8-11-15-22)23-16-12-9-13-17-23/h8-17,20-21,24-25H,18-19H2,1-7H3/t20-,21+,24+,25-/m1/s1. The maximum Gasteiger partial charge on any atom is 0.410 e. The van der Waals surface area contributed by atoms with Crippen molar-refractivity contribution in [3.63, 3.8) is 0 Å². The second-order valence-electron chi connectivity index (χ2n) is 11.7. The summed E-state index contributed by atoms with van der Waals surface area (Å²) in [6.45, 7) is 14.9. The van der Waals surface area contributed by atoms with Crippen molar-refractivity contribution in [2.75, 3.05) is 0 Å². The van der Waals surface area contributed by atoms with Gasteiger partial charge in [0.15, 0.2) is 0 Å². The molecule has 1 aliphatic carbocycles. The lowest BCUT2D eigenvalue weighted by atomic mass is 9.98. The van der Waals surface area contributed by atoms with Crippen LogP contribution in [-0.4, -0.2) is 43.1 Å². The second kappa shape index (κ2) is 8.59. The Kier molecular flexibility index (Phi) is 6.25. The average Bonchev–Trinajstić information content (AvgIpc) is 3.28. The molecule has 1 amide bonds. The first-order valence-corrected chi connectivity index (χ1v) is 14.1. The molecule has 4 nitrogen and oxygen atoms in total. The first-order chi connectivity index (χ1) is 15.4. The minimum atomic E-state index is -2.60. The largest absolute Gasteiger partial charge is 0.444 e. The molecule has 0 aromatic heterocycles. The van der Waals surface area contributed by atoms with Crippen LogP contribution in [-0.2, 0) is 9.16 Å². The number of hydrogen-bond donors (Lipinski definition) is 0. The summed E-state index contributed by atoms with van der Waals surface area (Å²) in [7, 11) is -2.60. The minimum absolute atomic E-state index is 0.0500. The molecule has 0 radical (unpaired) electrons. The van der Waals surface area contributed by atoms with E-state index in [0.717, 1.165) is 12.8 Å². The third-order valence-electron chi connectivity index (χ3n) is 7.33. The molecule has 5 heteroatoms. The smallest absolute Gasteiger partial charge is 0.410 e. The number of benzene rings is 2. The molecule has 1 saturated heterocycles. The number of hydrogen-bond acceptors (Lipinski definition) is 3. The SMILES string of the molecule is C[C@@H]1[C@@H]2C[C@@H](C[C@H]2O[Si](c2ccccc2)(c2ccccc2)C(C)(C)C)N1C(=O)OC(C)(C)C. The van der Waals surface area contributed by atoms with Gasteiger partial charge in [-0.05, 0) is 55.9 Å². The van der Waals surface area contributed by atoms with Crippen molar-refractivity contribution in [1.82, 2.24) is 4.90 Å². The van der Waals surface area contributed by atoms with Crippen molar-refractivity contribution < 1.29 is 14.0 Å². The maximum atomic E-state index is 12.9. The van der Waals surface area contributed by atoms with Gasteiger partial charge >= 0.3 is 6.09 Å². The Labute approximate surface area is 200 Å². The van der Waals surface area contributed by atoms with Crippen molar-refractivity contribution in [2.45, 2.75) is 90.1 Å². The van der Waals surface area contributed by atoms with Gasteiger partial charge in [0, 0.05) is 18.0 Å². The first kappa shape index (κ1) is 24.0. The summed E-state index contributed by atoms with van der Waals surface area (Å²) in [5.41, 5.74) is -0.483. The lowest BCUT2D eigenvalue weighted by Crippen LogP contribution is -2.68. The van der Waals surface area contributed by atoms with Gasteiger partial charge < -0.3 is 14.1 Å². The number of likely N-dealkylation sites (tertiary alicyclic amines) is 1. The van der Waals surface area contributed by atoms with Crippen LogP contribution in [0.1, 0.15) is 61.3 Å². The van der Waals surface area contributed by atoms with E-state index in [0.29, 0.717) is 5.92 Å². The van der Waals surface area contributed by atoms with Gasteiger partial charge in [0.2, 0.25) is 0 Å². The first-order valence-electron chi connectivity index (χ1n) is 12.2. The quantitative estimate of drug-likeness (QED) is 0.572. The van der Waals surface area contributed by atoms with Crippen molar-refractivity contribution in [1.29, 1.82) is 0 Å². The highest BCUT2D eigenvalue weighted by atomic mass is 28.4. The van der Waals surface area contributed by atoms with E-state index in [1.54, 1.807) is 0 Å². The number of fused-ring (bicyclic) bond motifs is 2. The highest BCUT2D eigenvalue weighted by molar-refractivity contribution is 6.99. The molecule has 33 heavy (non-hydrogen) atoms. The fourth-order valence-electron chi connectivity index (χ4n) is 5.96. The predicted octanol–water partition coefficient (Wildman–Crippen LogP) is 5.35. The van der Waals surface area contributed by atoms with Crippen LogP contribution in [0.3, 0.4) is 0 Å². The van der Waals surface area contributed by atoms with Gasteiger partial charge in [-0.1, -0.05) is 81.4 Å². The van der Waals surface area contributed by atoms with E-state index in [2.05, 4.69) is 88.4 Å². The van der Waals surface area contributed by atoms with Gasteiger partial charge in [0.25, 0.3) is 8.32 Å². The zero-order valence-electron chi connectivity index (χ0n) is 21.2. The molecular formula is C28H39NO3Si. The van der Waals surface area contributed by atoms with E-state index in [-0.39, 0.29) is 29.3 Å². The van der Waals surface area contributed by atoms with Gasteiger partial charge in [0.05, 0.1) is 6.10 Å². The van der Waals surface area contributed by atoms with Gasteiger partial charge in [-0.15, -0.1) is 0 Å². The Morgan fingerprint density at radius 1 is 0.879 bits per heavy atom. The van der Waals surface area contributed by atoms with Crippen LogP contribution < -0.4 is 10.4 Å². The van der Waals surface area contributed by atoms with Crippen LogP contribution in [0.5, 0.6) is 0 Å². The molecule has 0 spiro atoms. The fraction of sp³-hybridized carbons (Fsp3) is 0.536. The molecule has 1 aliphatic heterocycles. The molecule has 1 heterocycles. The Morgan fingerprint density at radius 2 is 1.39 bits per heavy atom. The Bertz CT molecular complexity index is 923. The van der Waals surface area contributed by atoms with Crippen molar-refractivity contribution in [3.8, 4) is 0 Å². The Hall–Kier alpha value is -2.11. The highest BCUT2D eigenvalue weighted by Crippen LogP contribution is 2.47. The summed E-state index contributed by atoms with van der Waals surface area (Å²) in [6.07, 6.45) is 1.81. The number of amides is 1. The zero-order chi connectivity index (χ0) is 24.0. The van der Waals surface area contributed by atoms with E-state index in [1.165, 1.54) is 10.4 Å².